The molecule has 3 unspecified atom stereocenters. The van der Waals surface area contributed by atoms with Crippen molar-refractivity contribution < 1.29 is 14.6 Å². The van der Waals surface area contributed by atoms with Crippen LogP contribution in [-0.4, -0.2) is 61.4 Å². The predicted molar refractivity (Wildman–Crippen MR) is 68.6 cm³/mol. The minimum Gasteiger partial charge on any atom is -0.480 e. The van der Waals surface area contributed by atoms with Gasteiger partial charge in [0.15, 0.2) is 0 Å². The van der Waals surface area contributed by atoms with Gasteiger partial charge in [-0.25, -0.2) is 0 Å². The van der Waals surface area contributed by atoms with E-state index in [-0.39, 0.29) is 0 Å². The number of hydrogen-bond donors (Lipinski definition) is 2. The number of hydrogen-bond acceptors (Lipinski definition) is 4. The Morgan fingerprint density at radius 2 is 2.33 bits per heavy atom. The maximum Gasteiger partial charge on any atom is 0.323 e. The van der Waals surface area contributed by atoms with Crippen LogP contribution in [0.4, 0.5) is 0 Å². The molecule has 1 aliphatic heterocycles. The maximum absolute atomic E-state index is 11.4. The van der Waals surface area contributed by atoms with E-state index in [9.17, 15) is 9.90 Å². The number of carbonyl (C=O) groups is 1. The highest BCUT2D eigenvalue weighted by molar-refractivity contribution is 5.79. The molecule has 5 heteroatoms. The van der Waals surface area contributed by atoms with E-state index in [1.54, 1.807) is 14.2 Å². The lowest BCUT2D eigenvalue weighted by Crippen LogP contribution is -2.49. The number of rotatable bonds is 5. The molecule has 1 heterocycles. The lowest BCUT2D eigenvalue weighted by atomic mass is 9.98. The molecule has 18 heavy (non-hydrogen) atoms. The summed E-state index contributed by atoms with van der Waals surface area (Å²) >= 11 is 0. The zero-order chi connectivity index (χ0) is 13.2. The first kappa shape index (κ1) is 13.8. The van der Waals surface area contributed by atoms with Crippen LogP contribution < -0.4 is 5.32 Å². The molecule has 0 aromatic rings. The van der Waals surface area contributed by atoms with E-state index < -0.39 is 11.5 Å². The average molecular weight is 256 g/mol. The van der Waals surface area contributed by atoms with Gasteiger partial charge in [0.25, 0.3) is 0 Å². The van der Waals surface area contributed by atoms with Crippen LogP contribution in [0.2, 0.25) is 0 Å². The largest absolute Gasteiger partial charge is 0.480 e. The van der Waals surface area contributed by atoms with Crippen LogP contribution in [0.15, 0.2) is 0 Å². The van der Waals surface area contributed by atoms with E-state index in [4.69, 9.17) is 4.74 Å². The molecule has 2 N–H and O–H groups in total. The van der Waals surface area contributed by atoms with Gasteiger partial charge in [-0.2, -0.15) is 0 Å². The lowest BCUT2D eigenvalue weighted by Gasteiger charge is -2.27. The molecule has 2 rings (SSSR count). The second kappa shape index (κ2) is 5.55. The first-order valence-electron chi connectivity index (χ1n) is 6.76. The third-order valence-electron chi connectivity index (χ3n) is 4.61. The number of carboxylic acid groups (broad SMARTS) is 1. The Morgan fingerprint density at radius 1 is 1.56 bits per heavy atom. The highest BCUT2D eigenvalue weighted by Gasteiger charge is 2.46. The Labute approximate surface area is 108 Å². The zero-order valence-corrected chi connectivity index (χ0v) is 11.3. The Kier molecular flexibility index (Phi) is 4.25. The molecule has 0 amide bonds. The number of nitrogens with one attached hydrogen (secondary N) is 1. The summed E-state index contributed by atoms with van der Waals surface area (Å²) < 4.78 is 5.20. The van der Waals surface area contributed by atoms with Gasteiger partial charge in [0.2, 0.25) is 0 Å². The summed E-state index contributed by atoms with van der Waals surface area (Å²) in [6.45, 7) is 2.95. The van der Waals surface area contributed by atoms with Gasteiger partial charge in [-0.05, 0) is 45.2 Å². The monoisotopic (exact) mass is 256 g/mol. The van der Waals surface area contributed by atoms with Crippen molar-refractivity contribution in [3.05, 3.63) is 0 Å². The quantitative estimate of drug-likeness (QED) is 0.752. The summed E-state index contributed by atoms with van der Waals surface area (Å²) in [4.78, 5) is 13.8. The third kappa shape index (κ3) is 2.53. The van der Waals surface area contributed by atoms with Crippen molar-refractivity contribution in [3.63, 3.8) is 0 Å². The molecule has 1 saturated heterocycles. The summed E-state index contributed by atoms with van der Waals surface area (Å²) in [5.41, 5.74) is -0.704. The van der Waals surface area contributed by atoms with Crippen LogP contribution in [0.25, 0.3) is 0 Å². The number of aliphatic carboxylic acids is 1. The lowest BCUT2D eigenvalue weighted by molar-refractivity contribution is -0.144. The van der Waals surface area contributed by atoms with Gasteiger partial charge in [0.1, 0.15) is 5.54 Å². The van der Waals surface area contributed by atoms with Crippen LogP contribution in [0, 0.1) is 5.92 Å². The van der Waals surface area contributed by atoms with Gasteiger partial charge >= 0.3 is 5.97 Å². The van der Waals surface area contributed by atoms with Crippen LogP contribution in [0.3, 0.4) is 0 Å². The summed E-state index contributed by atoms with van der Waals surface area (Å²) in [7, 11) is 3.50. The number of likely N-dealkylation sites (tertiary alicyclic amines) is 1. The third-order valence-corrected chi connectivity index (χ3v) is 4.61. The summed E-state index contributed by atoms with van der Waals surface area (Å²) in [6, 6.07) is 0.412. The number of ether oxygens (including phenoxy) is 1. The van der Waals surface area contributed by atoms with Gasteiger partial charge in [0, 0.05) is 19.7 Å². The second-order valence-electron chi connectivity index (χ2n) is 5.64. The van der Waals surface area contributed by atoms with E-state index in [0.29, 0.717) is 12.0 Å². The fraction of sp³-hybridized carbons (Fsp3) is 0.923. The minimum absolute atomic E-state index is 0.412. The standard InChI is InChI=1S/C13H24N2O3/c1-14-13(12(16)17)5-3-11(7-13)15-6-4-10(8-15)9-18-2/h10-11,14H,3-9H2,1-2H3,(H,16,17). The van der Waals surface area contributed by atoms with E-state index in [1.807, 2.05) is 0 Å². The van der Waals surface area contributed by atoms with Crippen molar-refractivity contribution in [1.29, 1.82) is 0 Å². The number of carboxylic acids is 1. The molecule has 5 nitrogen and oxygen atoms in total. The van der Waals surface area contributed by atoms with Crippen LogP contribution in [0.1, 0.15) is 25.7 Å². The Morgan fingerprint density at radius 3 is 2.89 bits per heavy atom. The van der Waals surface area contributed by atoms with Crippen molar-refractivity contribution >= 4 is 5.97 Å². The summed E-state index contributed by atoms with van der Waals surface area (Å²) in [5, 5.41) is 12.4. The predicted octanol–water partition coefficient (Wildman–Crippen LogP) is 0.550. The molecular formula is C13H24N2O3. The molecule has 104 valence electrons. The van der Waals surface area contributed by atoms with Crippen LogP contribution in [0.5, 0.6) is 0 Å². The summed E-state index contributed by atoms with van der Waals surface area (Å²) in [6.07, 6.45) is 3.60. The zero-order valence-electron chi connectivity index (χ0n) is 11.3. The second-order valence-corrected chi connectivity index (χ2v) is 5.64. The Bertz CT molecular complexity index is 311. The van der Waals surface area contributed by atoms with E-state index >= 15 is 0 Å². The smallest absolute Gasteiger partial charge is 0.323 e. The van der Waals surface area contributed by atoms with Crippen molar-refractivity contribution in [1.82, 2.24) is 10.2 Å². The fourth-order valence-electron chi connectivity index (χ4n) is 3.43. The number of likely N-dealkylation sites (N-methyl/N-ethyl adjacent to an activating group) is 1. The fourth-order valence-corrected chi connectivity index (χ4v) is 3.43. The number of methoxy groups -OCH3 is 1. The first-order chi connectivity index (χ1) is 8.61. The van der Waals surface area contributed by atoms with E-state index in [2.05, 4.69) is 10.2 Å². The van der Waals surface area contributed by atoms with Crippen molar-refractivity contribution in [3.8, 4) is 0 Å². The molecule has 1 saturated carbocycles. The summed E-state index contributed by atoms with van der Waals surface area (Å²) in [5.74, 6) is -0.0930. The molecule has 0 radical (unpaired) electrons. The highest BCUT2D eigenvalue weighted by Crippen LogP contribution is 2.35. The maximum atomic E-state index is 11.4. The molecule has 2 fully saturated rings. The van der Waals surface area contributed by atoms with Gasteiger partial charge in [-0.15, -0.1) is 0 Å². The molecule has 3 atom stereocenters. The van der Waals surface area contributed by atoms with Gasteiger partial charge in [0.05, 0.1) is 6.61 Å². The molecule has 0 aromatic heterocycles. The van der Waals surface area contributed by atoms with E-state index in [1.165, 1.54) is 6.42 Å². The SMILES string of the molecule is CNC1(C(=O)O)CCC(N2CCC(COC)C2)C1. The topological polar surface area (TPSA) is 61.8 Å². The number of nitrogens with zero attached hydrogens (tertiary/aromatic N) is 1. The molecule has 1 aliphatic carbocycles. The van der Waals surface area contributed by atoms with E-state index in [0.717, 1.165) is 39.0 Å². The van der Waals surface area contributed by atoms with Crippen molar-refractivity contribution in [2.75, 3.05) is 33.9 Å². The normalized spacial score (nSPS) is 37.2. The molecule has 0 bridgehead atoms. The van der Waals surface area contributed by atoms with Crippen LogP contribution in [-0.2, 0) is 9.53 Å². The molecule has 0 spiro atoms. The molecular weight excluding hydrogens is 232 g/mol. The van der Waals surface area contributed by atoms with Gasteiger partial charge < -0.3 is 15.2 Å². The molecule has 0 aromatic carbocycles. The Balaban J connectivity index is 1.91. The van der Waals surface area contributed by atoms with Crippen molar-refractivity contribution in [2.24, 2.45) is 5.92 Å². The van der Waals surface area contributed by atoms with Gasteiger partial charge in [-0.3, -0.25) is 9.69 Å². The van der Waals surface area contributed by atoms with Crippen molar-refractivity contribution in [2.45, 2.75) is 37.3 Å². The van der Waals surface area contributed by atoms with Gasteiger partial charge in [-0.1, -0.05) is 0 Å². The minimum atomic E-state index is -0.708. The Hall–Kier alpha value is -0.650. The van der Waals surface area contributed by atoms with Crippen LogP contribution >= 0.6 is 0 Å². The highest BCUT2D eigenvalue weighted by atomic mass is 16.5. The molecule has 2 aliphatic rings. The first-order valence-corrected chi connectivity index (χ1v) is 6.76. The average Bonchev–Trinajstić information content (AvgIpc) is 2.95.